The maximum absolute atomic E-state index is 12.9. The number of nitrogens with zero attached hydrogens (tertiary/aromatic N) is 3. The molecule has 0 bridgehead atoms. The van der Waals surface area contributed by atoms with E-state index in [1.54, 1.807) is 11.3 Å². The number of hydrogen-bond donors (Lipinski definition) is 1. The molecule has 1 amide bonds. The van der Waals surface area contributed by atoms with Gasteiger partial charge in [-0.05, 0) is 36.8 Å². The van der Waals surface area contributed by atoms with Gasteiger partial charge in [-0.2, -0.15) is 0 Å². The number of hydrogen-bond acceptors (Lipinski definition) is 8. The smallest absolute Gasteiger partial charge is 0.341 e. The Balaban J connectivity index is 1.33. The highest BCUT2D eigenvalue weighted by atomic mass is 32.2. The van der Waals surface area contributed by atoms with Crippen molar-refractivity contribution in [3.05, 3.63) is 69.8 Å². The van der Waals surface area contributed by atoms with Crippen molar-refractivity contribution in [2.75, 3.05) is 18.2 Å². The monoisotopic (exact) mass is 550 g/mol. The first kappa shape index (κ1) is 25.4. The fourth-order valence-electron chi connectivity index (χ4n) is 4.45. The van der Waals surface area contributed by atoms with Crippen LogP contribution in [-0.2, 0) is 28.9 Å². The van der Waals surface area contributed by atoms with Crippen molar-refractivity contribution in [3.63, 3.8) is 0 Å². The summed E-state index contributed by atoms with van der Waals surface area (Å²) in [6, 6.07) is 9.57. The van der Waals surface area contributed by atoms with Gasteiger partial charge in [0, 0.05) is 33.3 Å². The van der Waals surface area contributed by atoms with Crippen molar-refractivity contribution in [2.24, 2.45) is 0 Å². The van der Waals surface area contributed by atoms with E-state index in [1.807, 2.05) is 46.4 Å². The molecule has 0 saturated carbocycles. The zero-order chi connectivity index (χ0) is 25.8. The zero-order valence-corrected chi connectivity index (χ0v) is 22.8. The Morgan fingerprint density at radius 3 is 2.70 bits per heavy atom. The van der Waals surface area contributed by atoms with E-state index in [4.69, 9.17) is 4.74 Å². The maximum atomic E-state index is 12.9. The van der Waals surface area contributed by atoms with E-state index in [2.05, 4.69) is 27.5 Å². The first-order valence-corrected chi connectivity index (χ1v) is 14.7. The van der Waals surface area contributed by atoms with Gasteiger partial charge in [-0.3, -0.25) is 9.36 Å². The predicted molar refractivity (Wildman–Crippen MR) is 151 cm³/mol. The van der Waals surface area contributed by atoms with Gasteiger partial charge in [0.1, 0.15) is 10.6 Å². The van der Waals surface area contributed by atoms with E-state index < -0.39 is 5.97 Å². The Hall–Kier alpha value is -3.21. The van der Waals surface area contributed by atoms with E-state index in [-0.39, 0.29) is 11.7 Å². The first-order chi connectivity index (χ1) is 18.1. The molecule has 0 unspecified atom stereocenters. The number of rotatable bonds is 9. The molecule has 5 rings (SSSR count). The molecule has 0 radical (unpaired) electrons. The fraction of sp³-hybridized carbons (Fsp3) is 0.259. The quantitative estimate of drug-likeness (QED) is 0.149. The Bertz CT molecular complexity index is 1440. The number of amides is 1. The van der Waals surface area contributed by atoms with Crippen molar-refractivity contribution < 1.29 is 14.3 Å². The van der Waals surface area contributed by atoms with Gasteiger partial charge < -0.3 is 10.1 Å². The Morgan fingerprint density at radius 2 is 1.92 bits per heavy atom. The largest absolute Gasteiger partial charge is 0.465 e. The Morgan fingerprint density at radius 1 is 1.14 bits per heavy atom. The minimum absolute atomic E-state index is 0.121. The molecule has 37 heavy (non-hydrogen) atoms. The molecule has 190 valence electrons. The summed E-state index contributed by atoms with van der Waals surface area (Å²) in [5, 5.41) is 17.0. The van der Waals surface area contributed by atoms with Crippen LogP contribution in [0.15, 0.2) is 58.9 Å². The number of nitrogens with one attached hydrogen (secondary N) is 1. The molecule has 1 aromatic carbocycles. The summed E-state index contributed by atoms with van der Waals surface area (Å²) < 4.78 is 7.02. The van der Waals surface area contributed by atoms with E-state index in [9.17, 15) is 9.59 Å². The number of allylic oxidation sites excluding steroid dienone is 1. The molecule has 0 spiro atoms. The number of fused-ring (bicyclic) bond motifs is 1. The number of benzene rings is 1. The van der Waals surface area contributed by atoms with Gasteiger partial charge in [0.05, 0.1) is 12.9 Å². The van der Waals surface area contributed by atoms with Crippen LogP contribution in [0.1, 0.15) is 33.6 Å². The average molecular weight is 551 g/mol. The van der Waals surface area contributed by atoms with Gasteiger partial charge in [0.15, 0.2) is 11.0 Å². The molecule has 1 aliphatic rings. The summed E-state index contributed by atoms with van der Waals surface area (Å²) in [6.45, 7) is 4.44. The van der Waals surface area contributed by atoms with Gasteiger partial charge >= 0.3 is 5.97 Å². The van der Waals surface area contributed by atoms with Crippen LogP contribution in [0.4, 0.5) is 5.00 Å². The van der Waals surface area contributed by atoms with Crippen LogP contribution in [0.3, 0.4) is 0 Å². The lowest BCUT2D eigenvalue weighted by atomic mass is 9.95. The summed E-state index contributed by atoms with van der Waals surface area (Å²) >= 11 is 4.41. The summed E-state index contributed by atoms with van der Waals surface area (Å²) in [5.74, 6) is 0.216. The minimum atomic E-state index is -0.488. The molecule has 0 aliphatic heterocycles. The van der Waals surface area contributed by atoms with E-state index >= 15 is 0 Å². The number of methoxy groups -OCH3 is 1. The van der Waals surface area contributed by atoms with Crippen LogP contribution in [0.2, 0.25) is 0 Å². The molecule has 1 aliphatic carbocycles. The Labute approximate surface area is 227 Å². The second-order valence-electron chi connectivity index (χ2n) is 8.51. The second-order valence-corrected chi connectivity index (χ2v) is 11.3. The number of esters is 1. The first-order valence-electron chi connectivity index (χ1n) is 11.9. The lowest BCUT2D eigenvalue weighted by Gasteiger charge is -2.13. The van der Waals surface area contributed by atoms with Crippen LogP contribution in [0.5, 0.6) is 0 Å². The van der Waals surface area contributed by atoms with Gasteiger partial charge in [-0.25, -0.2) is 4.79 Å². The molecule has 3 heterocycles. The molecule has 1 N–H and O–H groups in total. The van der Waals surface area contributed by atoms with Crippen LogP contribution in [-0.4, -0.2) is 39.5 Å². The topological polar surface area (TPSA) is 86.1 Å². The van der Waals surface area contributed by atoms with Gasteiger partial charge in [-0.1, -0.05) is 48.2 Å². The molecule has 7 nitrogen and oxygen atoms in total. The number of aryl methyl sites for hydroxylation is 1. The third kappa shape index (κ3) is 5.27. The third-order valence-corrected chi connectivity index (χ3v) is 9.13. The van der Waals surface area contributed by atoms with Crippen molar-refractivity contribution in [1.82, 2.24) is 14.8 Å². The standard InChI is InChI=1S/C27H26N4O3S3/c1-3-13-31-24(20-15-35-21-12-8-7-11-18(20)21)29-30-27(31)37-16-22(32)28-25-23(26(33)34-2)19(14-36-25)17-9-5-4-6-10-17/h3-6,9-10,14-15H,1,7-8,11-13,16H2,2H3,(H,28,32). The highest BCUT2D eigenvalue weighted by Gasteiger charge is 2.24. The second kappa shape index (κ2) is 11.5. The number of thioether (sulfide) groups is 1. The summed E-state index contributed by atoms with van der Waals surface area (Å²) in [5.41, 5.74) is 4.49. The van der Waals surface area contributed by atoms with Crippen molar-refractivity contribution in [3.8, 4) is 22.5 Å². The molecule has 10 heteroatoms. The predicted octanol–water partition coefficient (Wildman–Crippen LogP) is 6.32. The summed E-state index contributed by atoms with van der Waals surface area (Å²) in [4.78, 5) is 27.0. The molecular formula is C27H26N4O3S3. The van der Waals surface area contributed by atoms with Crippen LogP contribution < -0.4 is 5.32 Å². The molecule has 4 aromatic rings. The van der Waals surface area contributed by atoms with Crippen molar-refractivity contribution in [1.29, 1.82) is 0 Å². The van der Waals surface area contributed by atoms with Gasteiger partial charge in [0.2, 0.25) is 5.91 Å². The highest BCUT2D eigenvalue weighted by Crippen LogP contribution is 2.38. The molecule has 0 atom stereocenters. The fourth-order valence-corrected chi connectivity index (χ4v) is 7.29. The lowest BCUT2D eigenvalue weighted by Crippen LogP contribution is -2.16. The number of aromatic nitrogens is 3. The third-order valence-electron chi connectivity index (χ3n) is 6.18. The number of thiophene rings is 2. The molecular weight excluding hydrogens is 525 g/mol. The van der Waals surface area contributed by atoms with E-state index in [0.29, 0.717) is 22.3 Å². The molecule has 0 saturated heterocycles. The summed E-state index contributed by atoms with van der Waals surface area (Å²) in [7, 11) is 1.34. The maximum Gasteiger partial charge on any atom is 0.341 e. The number of ether oxygens (including phenoxy) is 1. The number of carbonyl (C=O) groups excluding carboxylic acids is 2. The van der Waals surface area contributed by atoms with Gasteiger partial charge in [-0.15, -0.1) is 39.4 Å². The zero-order valence-electron chi connectivity index (χ0n) is 20.4. The minimum Gasteiger partial charge on any atom is -0.465 e. The average Bonchev–Trinajstić information content (AvgIpc) is 3.65. The molecule has 0 fully saturated rings. The van der Waals surface area contributed by atoms with Crippen LogP contribution >= 0.6 is 34.4 Å². The number of anilines is 1. The van der Waals surface area contributed by atoms with E-state index in [1.165, 1.54) is 53.5 Å². The number of carbonyl (C=O) groups is 2. The SMILES string of the molecule is C=CCn1c(SCC(=O)Nc2scc(-c3ccccc3)c2C(=O)OC)nnc1-c1csc2c1CCCC2. The van der Waals surface area contributed by atoms with E-state index in [0.717, 1.165) is 35.4 Å². The lowest BCUT2D eigenvalue weighted by molar-refractivity contribution is -0.113. The summed E-state index contributed by atoms with van der Waals surface area (Å²) in [6.07, 6.45) is 6.43. The Kier molecular flexibility index (Phi) is 7.87. The normalized spacial score (nSPS) is 12.7. The van der Waals surface area contributed by atoms with Crippen molar-refractivity contribution in [2.45, 2.75) is 37.4 Å². The van der Waals surface area contributed by atoms with Crippen LogP contribution in [0, 0.1) is 0 Å². The van der Waals surface area contributed by atoms with Crippen LogP contribution in [0.25, 0.3) is 22.5 Å². The molecule has 3 aromatic heterocycles. The van der Waals surface area contributed by atoms with Crippen molar-refractivity contribution >= 4 is 51.3 Å². The van der Waals surface area contributed by atoms with Gasteiger partial charge in [0.25, 0.3) is 0 Å². The highest BCUT2D eigenvalue weighted by molar-refractivity contribution is 7.99.